The molecule has 4 rings (SSSR count). The molecule has 0 spiro atoms. The number of esters is 1. The first-order valence-corrected chi connectivity index (χ1v) is 26.2. The molecule has 2 aliphatic rings. The highest BCUT2D eigenvalue weighted by molar-refractivity contribution is 7.09. The lowest BCUT2D eigenvalue weighted by Gasteiger charge is -2.38. The van der Waals surface area contributed by atoms with Crippen LogP contribution in [0.2, 0.25) is 0 Å². The van der Waals surface area contributed by atoms with Gasteiger partial charge in [-0.25, -0.2) is 4.98 Å². The Kier molecular flexibility index (Phi) is 22.2. The number of carbonyl (C=O) groups is 9. The van der Waals surface area contributed by atoms with Crippen molar-refractivity contribution in [1.29, 1.82) is 0 Å². The SMILES string of the molecule is CCC[C@H](Cc1ccc(CC(=O)CCCN2C(=O)C=CC2=O)c(NC(=O)CCCN2C(=O)C=CC2=O)c1)NC(=O)c1csc([C@@H](C[C@H](C(C)C)N(C)C(=O)[C@@H](CCC(C)(C)N(C)C)[C@@H](C)CC)OC(C)=O)n1. The number of thiazole rings is 1. The van der Waals surface area contributed by atoms with Crippen molar-refractivity contribution in [2.45, 2.75) is 156 Å². The Morgan fingerprint density at radius 1 is 0.847 bits per heavy atom. The first-order valence-electron chi connectivity index (χ1n) is 25.3. The highest BCUT2D eigenvalue weighted by Gasteiger charge is 2.36. The summed E-state index contributed by atoms with van der Waals surface area (Å²) in [6, 6.07) is 4.70. The predicted octanol–water partition coefficient (Wildman–Crippen LogP) is 7.00. The minimum absolute atomic E-state index is 0.00823. The van der Waals surface area contributed by atoms with E-state index >= 15 is 0 Å². The standard InChI is InChI=1S/C54H77N7O10S/c1-12-16-39(29-37-19-20-38(31-40(63)17-14-27-60-47(65)21-22-48(60)66)42(30-37)56-46(64)18-15-28-61-49(67)23-24-50(61)68)55-51(69)43-33-72-52(57-43)45(71-36(6)62)32-44(34(3)4)59(11)53(70)41(35(5)13-2)25-26-54(7,8)58(9)10/h19-24,30,33-35,39,41,44-45H,12-18,25-29,31-32H2,1-11H3,(H,55,69)(H,56,64)/t35-,39+,41-,44+,45+/m0/s1. The normalized spacial score (nSPS) is 15.8. The van der Waals surface area contributed by atoms with E-state index in [1.54, 1.807) is 17.5 Å². The van der Waals surface area contributed by atoms with Crippen LogP contribution < -0.4 is 10.6 Å². The molecule has 5 atom stereocenters. The number of nitrogens with one attached hydrogen (secondary N) is 2. The molecular weight excluding hydrogens is 939 g/mol. The molecule has 17 nitrogen and oxygen atoms in total. The molecule has 0 fully saturated rings. The van der Waals surface area contributed by atoms with Gasteiger partial charge in [-0.3, -0.25) is 53.0 Å². The van der Waals surface area contributed by atoms with Crippen molar-refractivity contribution < 1.29 is 47.9 Å². The summed E-state index contributed by atoms with van der Waals surface area (Å²) in [6.07, 6.45) is 8.91. The maximum Gasteiger partial charge on any atom is 0.303 e. The number of Topliss-reactive ketones (excluding diaryl/α,β-unsaturated/α-hetero) is 1. The Labute approximate surface area is 429 Å². The molecule has 7 amide bonds. The number of ketones is 1. The van der Waals surface area contributed by atoms with Gasteiger partial charge >= 0.3 is 5.97 Å². The lowest BCUT2D eigenvalue weighted by molar-refractivity contribution is -0.149. The average molecular weight is 1020 g/mol. The molecule has 0 bridgehead atoms. The van der Waals surface area contributed by atoms with Crippen molar-refractivity contribution in [3.8, 4) is 0 Å². The van der Waals surface area contributed by atoms with Gasteiger partial charge in [0, 0.05) is 112 Å². The Morgan fingerprint density at radius 3 is 1.99 bits per heavy atom. The molecule has 0 saturated carbocycles. The number of hydrogen-bond acceptors (Lipinski definition) is 13. The summed E-state index contributed by atoms with van der Waals surface area (Å²) >= 11 is 1.21. The van der Waals surface area contributed by atoms with Crippen LogP contribution in [0.15, 0.2) is 47.9 Å². The zero-order valence-electron chi connectivity index (χ0n) is 44.2. The van der Waals surface area contributed by atoms with E-state index in [0.717, 1.165) is 41.0 Å². The summed E-state index contributed by atoms with van der Waals surface area (Å²) in [5, 5.41) is 8.12. The van der Waals surface area contributed by atoms with Crippen LogP contribution in [0.4, 0.5) is 5.69 Å². The van der Waals surface area contributed by atoms with Gasteiger partial charge in [0.15, 0.2) is 6.10 Å². The van der Waals surface area contributed by atoms with Crippen LogP contribution in [-0.2, 0) is 55.9 Å². The molecule has 0 radical (unpaired) electrons. The topological polar surface area (TPSA) is 213 Å². The largest absolute Gasteiger partial charge is 0.455 e. The molecule has 2 N–H and O–H groups in total. The minimum atomic E-state index is -0.810. The average Bonchev–Trinajstić information content (AvgIpc) is 4.03. The molecule has 1 aromatic carbocycles. The van der Waals surface area contributed by atoms with Gasteiger partial charge in [-0.2, -0.15) is 0 Å². The Morgan fingerprint density at radius 2 is 1.44 bits per heavy atom. The molecule has 3 heterocycles. The monoisotopic (exact) mass is 1020 g/mol. The van der Waals surface area contributed by atoms with Crippen molar-refractivity contribution in [2.75, 3.05) is 39.5 Å². The first-order chi connectivity index (χ1) is 33.9. The second kappa shape index (κ2) is 27.3. The lowest BCUT2D eigenvalue weighted by atomic mass is 9.82. The number of carbonyl (C=O) groups excluding carboxylic acids is 9. The van der Waals surface area contributed by atoms with Gasteiger partial charge in [-0.1, -0.05) is 59.6 Å². The van der Waals surface area contributed by atoms with Gasteiger partial charge in [-0.15, -0.1) is 11.3 Å². The molecule has 0 unspecified atom stereocenters. The molecule has 0 saturated heterocycles. The minimum Gasteiger partial charge on any atom is -0.455 e. The maximum absolute atomic E-state index is 14.4. The summed E-state index contributed by atoms with van der Waals surface area (Å²) < 4.78 is 5.88. The quantitative estimate of drug-likeness (QED) is 0.0598. The first kappa shape index (κ1) is 58.7. The van der Waals surface area contributed by atoms with Crippen molar-refractivity contribution >= 4 is 70.1 Å². The van der Waals surface area contributed by atoms with Crippen LogP contribution in [0.5, 0.6) is 0 Å². The van der Waals surface area contributed by atoms with Gasteiger partial charge in [0.25, 0.3) is 29.5 Å². The number of amides is 7. The molecule has 394 valence electrons. The summed E-state index contributed by atoms with van der Waals surface area (Å²) in [5.41, 5.74) is 1.78. The number of anilines is 1. The van der Waals surface area contributed by atoms with E-state index in [2.05, 4.69) is 57.3 Å². The van der Waals surface area contributed by atoms with Gasteiger partial charge in [0.05, 0.1) is 0 Å². The van der Waals surface area contributed by atoms with E-state index in [-0.39, 0.29) is 110 Å². The zero-order valence-corrected chi connectivity index (χ0v) is 45.0. The van der Waals surface area contributed by atoms with E-state index in [4.69, 9.17) is 9.72 Å². The van der Waals surface area contributed by atoms with Crippen LogP contribution >= 0.6 is 11.3 Å². The zero-order chi connectivity index (χ0) is 53.4. The van der Waals surface area contributed by atoms with Crippen LogP contribution in [-0.4, -0.2) is 130 Å². The molecule has 2 aliphatic heterocycles. The lowest BCUT2D eigenvalue weighted by Crippen LogP contribution is -2.46. The third kappa shape index (κ3) is 16.9. The van der Waals surface area contributed by atoms with E-state index in [1.807, 2.05) is 38.8 Å². The fourth-order valence-corrected chi connectivity index (χ4v) is 9.76. The molecule has 2 aromatic rings. The summed E-state index contributed by atoms with van der Waals surface area (Å²) in [7, 11) is 5.93. The van der Waals surface area contributed by atoms with E-state index < -0.39 is 41.6 Å². The molecule has 0 aliphatic carbocycles. The van der Waals surface area contributed by atoms with Gasteiger partial charge in [0.1, 0.15) is 16.5 Å². The van der Waals surface area contributed by atoms with Crippen molar-refractivity contribution in [3.05, 3.63) is 69.7 Å². The van der Waals surface area contributed by atoms with Crippen LogP contribution in [0.25, 0.3) is 0 Å². The fourth-order valence-electron chi connectivity index (χ4n) is 8.92. The van der Waals surface area contributed by atoms with Crippen LogP contribution in [0.1, 0.15) is 152 Å². The number of aromatic nitrogens is 1. The number of imide groups is 2. The fraction of sp³-hybridized carbons (Fsp3) is 0.593. The van der Waals surface area contributed by atoms with Gasteiger partial charge < -0.3 is 25.2 Å². The second-order valence-corrected chi connectivity index (χ2v) is 21.2. The Hall–Kier alpha value is -5.88. The Bertz CT molecular complexity index is 2320. The van der Waals surface area contributed by atoms with Crippen LogP contribution in [0, 0.1) is 17.8 Å². The number of nitrogens with zero attached hydrogens (tertiary/aromatic N) is 5. The van der Waals surface area contributed by atoms with E-state index in [0.29, 0.717) is 29.1 Å². The van der Waals surface area contributed by atoms with Crippen molar-refractivity contribution in [3.63, 3.8) is 0 Å². The van der Waals surface area contributed by atoms with Crippen molar-refractivity contribution in [1.82, 2.24) is 29.9 Å². The maximum atomic E-state index is 14.4. The molecular formula is C54H77N7O10S. The van der Waals surface area contributed by atoms with E-state index in [9.17, 15) is 43.2 Å². The summed E-state index contributed by atoms with van der Waals surface area (Å²) in [5.74, 6) is -3.15. The number of rotatable bonds is 30. The molecule has 18 heteroatoms. The number of ether oxygens (including phenoxy) is 1. The van der Waals surface area contributed by atoms with Crippen LogP contribution in [0.3, 0.4) is 0 Å². The van der Waals surface area contributed by atoms with E-state index in [1.165, 1.54) is 42.6 Å². The third-order valence-corrected chi connectivity index (χ3v) is 15.0. The predicted molar refractivity (Wildman–Crippen MR) is 276 cm³/mol. The molecule has 1 aromatic heterocycles. The highest BCUT2D eigenvalue weighted by atomic mass is 32.1. The summed E-state index contributed by atoms with van der Waals surface area (Å²) in [6.45, 7) is 16.2. The second-order valence-electron chi connectivity index (χ2n) is 20.4. The number of hydrogen-bond donors (Lipinski definition) is 2. The smallest absolute Gasteiger partial charge is 0.303 e. The van der Waals surface area contributed by atoms with Crippen molar-refractivity contribution in [2.24, 2.45) is 17.8 Å². The summed E-state index contributed by atoms with van der Waals surface area (Å²) in [4.78, 5) is 126. The Balaban J connectivity index is 1.50. The third-order valence-electron chi connectivity index (χ3n) is 14.0. The van der Waals surface area contributed by atoms with Gasteiger partial charge in [-0.05, 0) is 95.5 Å². The van der Waals surface area contributed by atoms with Gasteiger partial charge in [0.2, 0.25) is 11.8 Å². The number of benzene rings is 1. The highest BCUT2D eigenvalue weighted by Crippen LogP contribution is 2.34. The molecule has 72 heavy (non-hydrogen) atoms.